The molecule has 224 valence electrons. The van der Waals surface area contributed by atoms with Gasteiger partial charge in [0.1, 0.15) is 40.8 Å². The van der Waals surface area contributed by atoms with Crippen molar-refractivity contribution in [2.24, 2.45) is 5.92 Å². The SMILES string of the molecule is CO[C@@]12C=C3C(=O)c4c(O)c(CC=C(C)C)c5c(c4O[C@@]34[C@@H](C1)C(C)(C)O[C@@]4(C/C=C(\C)C=O)C2=O)C(C)(C)[C@@H](C)O5. The van der Waals surface area contributed by atoms with Crippen molar-refractivity contribution in [3.8, 4) is 17.2 Å². The van der Waals surface area contributed by atoms with E-state index in [1.54, 1.807) is 19.1 Å². The van der Waals surface area contributed by atoms with E-state index in [2.05, 4.69) is 0 Å². The summed E-state index contributed by atoms with van der Waals surface area (Å²) in [6.45, 7) is 15.5. The van der Waals surface area contributed by atoms with Crippen LogP contribution in [0.5, 0.6) is 17.2 Å². The first kappa shape index (κ1) is 28.9. The van der Waals surface area contributed by atoms with Crippen LogP contribution in [0.25, 0.3) is 0 Å². The van der Waals surface area contributed by atoms with Crippen LogP contribution in [0.1, 0.15) is 89.7 Å². The predicted molar refractivity (Wildman–Crippen MR) is 155 cm³/mol. The van der Waals surface area contributed by atoms with Crippen molar-refractivity contribution < 1.29 is 38.4 Å². The number of carbonyl (C=O) groups is 3. The normalized spacial score (nSPS) is 34.6. The van der Waals surface area contributed by atoms with Gasteiger partial charge in [0.15, 0.2) is 17.0 Å². The van der Waals surface area contributed by atoms with Crippen molar-refractivity contribution in [2.45, 2.75) is 109 Å². The number of hydrogen-bond donors (Lipinski definition) is 1. The third-order valence-corrected chi connectivity index (χ3v) is 10.5. The van der Waals surface area contributed by atoms with Gasteiger partial charge in [0, 0.05) is 41.6 Å². The molecule has 1 aromatic rings. The lowest BCUT2D eigenvalue weighted by molar-refractivity contribution is -0.190. The number of aldehydes is 1. The number of Topliss-reactive ketones (excluding diaryl/α,β-unsaturated/α-hetero) is 2. The topological polar surface area (TPSA) is 108 Å². The second-order valence-electron chi connectivity index (χ2n) is 13.9. The Kier molecular flexibility index (Phi) is 5.96. The zero-order valence-corrected chi connectivity index (χ0v) is 25.9. The van der Waals surface area contributed by atoms with Crippen molar-refractivity contribution in [1.82, 2.24) is 0 Å². The molecule has 5 atom stereocenters. The van der Waals surface area contributed by atoms with E-state index in [1.165, 1.54) is 7.11 Å². The molecule has 3 heterocycles. The van der Waals surface area contributed by atoms with Crippen LogP contribution in [-0.4, -0.2) is 58.6 Å². The molecule has 0 radical (unpaired) electrons. The number of hydrogen-bond acceptors (Lipinski definition) is 8. The summed E-state index contributed by atoms with van der Waals surface area (Å²) in [5, 5.41) is 11.8. The van der Waals surface area contributed by atoms with Gasteiger partial charge in [0.05, 0.1) is 5.60 Å². The van der Waals surface area contributed by atoms with Gasteiger partial charge in [-0.3, -0.25) is 14.4 Å². The summed E-state index contributed by atoms with van der Waals surface area (Å²) < 4.78 is 26.3. The number of phenols is 1. The fraction of sp³-hybridized carbons (Fsp3) is 0.559. The highest BCUT2D eigenvalue weighted by Gasteiger charge is 2.84. The average molecular weight is 577 g/mol. The maximum absolute atomic E-state index is 14.8. The second-order valence-corrected chi connectivity index (χ2v) is 13.9. The minimum Gasteiger partial charge on any atom is -0.507 e. The van der Waals surface area contributed by atoms with Gasteiger partial charge in [-0.05, 0) is 66.0 Å². The molecule has 4 bridgehead atoms. The molecular weight excluding hydrogens is 536 g/mol. The number of carbonyl (C=O) groups excluding carboxylic acids is 3. The summed E-state index contributed by atoms with van der Waals surface area (Å²) in [7, 11) is 1.46. The van der Waals surface area contributed by atoms with E-state index in [0.717, 1.165) is 11.9 Å². The highest BCUT2D eigenvalue weighted by Crippen LogP contribution is 2.70. The van der Waals surface area contributed by atoms with Gasteiger partial charge in [-0.15, -0.1) is 0 Å². The number of phenolic OH excluding ortho intramolecular Hbond substituents is 1. The van der Waals surface area contributed by atoms with Crippen LogP contribution in [0, 0.1) is 5.92 Å². The molecule has 0 unspecified atom stereocenters. The van der Waals surface area contributed by atoms with E-state index in [4.69, 9.17) is 18.9 Å². The molecule has 0 amide bonds. The number of fused-ring (bicyclic) bond motifs is 3. The quantitative estimate of drug-likeness (QED) is 0.277. The van der Waals surface area contributed by atoms with Gasteiger partial charge < -0.3 is 24.1 Å². The molecule has 1 saturated heterocycles. The average Bonchev–Trinajstić information content (AvgIpc) is 3.25. The molecule has 1 saturated carbocycles. The van der Waals surface area contributed by atoms with Crippen LogP contribution in [0.4, 0.5) is 0 Å². The van der Waals surface area contributed by atoms with Gasteiger partial charge in [0.2, 0.25) is 5.78 Å². The van der Waals surface area contributed by atoms with Crippen LogP contribution >= 0.6 is 0 Å². The van der Waals surface area contributed by atoms with Gasteiger partial charge in [0.25, 0.3) is 0 Å². The van der Waals surface area contributed by atoms with Gasteiger partial charge in [-0.25, -0.2) is 0 Å². The van der Waals surface area contributed by atoms with Crippen LogP contribution in [-0.2, 0) is 30.9 Å². The molecule has 7 rings (SSSR count). The Morgan fingerprint density at radius 2 is 1.81 bits per heavy atom. The molecule has 6 aliphatic rings. The minimum atomic E-state index is -1.64. The lowest BCUT2D eigenvalue weighted by Crippen LogP contribution is -2.77. The van der Waals surface area contributed by atoms with E-state index in [1.807, 2.05) is 54.5 Å². The van der Waals surface area contributed by atoms with Crippen molar-refractivity contribution in [3.05, 3.63) is 51.6 Å². The summed E-state index contributed by atoms with van der Waals surface area (Å²) in [6, 6.07) is 0. The standard InChI is InChI=1S/C34H40O8/c1-17(2)10-11-20-25(36)23-26(37)21-14-32(39-9)15-22-31(7,8)42-33(29(32)38,13-12-18(3)16-35)34(21,22)41-28(23)24-27(20)40-19(4)30(24,5)6/h10,12,14,16,19,22,36H,11,13,15H2,1-9H3/b18-12+/t19-,22+,32+,33+,34-/m1/s1. The van der Waals surface area contributed by atoms with Crippen LogP contribution in [0.15, 0.2) is 34.9 Å². The Hall–Kier alpha value is -3.23. The summed E-state index contributed by atoms with van der Waals surface area (Å²) in [5.74, 6) is -0.614. The molecule has 3 aliphatic carbocycles. The summed E-state index contributed by atoms with van der Waals surface area (Å²) in [4.78, 5) is 41.0. The summed E-state index contributed by atoms with van der Waals surface area (Å²) in [6.07, 6.45) is 6.38. The number of methoxy groups -OCH3 is 1. The summed E-state index contributed by atoms with van der Waals surface area (Å²) in [5.41, 5.74) is -2.95. The maximum Gasteiger partial charge on any atom is 0.205 e. The molecule has 1 aromatic carbocycles. The Labute approximate surface area is 246 Å². The zero-order chi connectivity index (χ0) is 30.8. The molecule has 42 heavy (non-hydrogen) atoms. The van der Waals surface area contributed by atoms with Crippen molar-refractivity contribution in [3.63, 3.8) is 0 Å². The van der Waals surface area contributed by atoms with Gasteiger partial charge >= 0.3 is 0 Å². The molecule has 8 nitrogen and oxygen atoms in total. The third-order valence-electron chi connectivity index (χ3n) is 10.5. The second kappa shape index (κ2) is 8.66. The zero-order valence-electron chi connectivity index (χ0n) is 25.9. The number of rotatable bonds is 6. The first-order valence-corrected chi connectivity index (χ1v) is 14.7. The molecular formula is C34H40O8. The molecule has 0 aromatic heterocycles. The largest absolute Gasteiger partial charge is 0.507 e. The third kappa shape index (κ3) is 3.23. The molecule has 3 aliphatic heterocycles. The monoisotopic (exact) mass is 576 g/mol. The maximum atomic E-state index is 14.8. The van der Waals surface area contributed by atoms with E-state index in [0.29, 0.717) is 28.9 Å². The van der Waals surface area contributed by atoms with E-state index in [-0.39, 0.29) is 47.4 Å². The highest BCUT2D eigenvalue weighted by molar-refractivity contribution is 6.20. The lowest BCUT2D eigenvalue weighted by atomic mass is 9.49. The van der Waals surface area contributed by atoms with Gasteiger partial charge in [-0.2, -0.15) is 0 Å². The smallest absolute Gasteiger partial charge is 0.205 e. The Balaban J connectivity index is 1.71. The van der Waals surface area contributed by atoms with Gasteiger partial charge in [-0.1, -0.05) is 31.6 Å². The summed E-state index contributed by atoms with van der Waals surface area (Å²) >= 11 is 0. The van der Waals surface area contributed by atoms with E-state index < -0.39 is 39.5 Å². The molecule has 1 spiro atoms. The Bertz CT molecular complexity index is 1550. The van der Waals surface area contributed by atoms with E-state index >= 15 is 0 Å². The minimum absolute atomic E-state index is 0.0184. The molecule has 1 N–H and O–H groups in total. The fourth-order valence-corrected chi connectivity index (χ4v) is 7.99. The predicted octanol–water partition coefficient (Wildman–Crippen LogP) is 5.27. The first-order valence-electron chi connectivity index (χ1n) is 14.7. The van der Waals surface area contributed by atoms with Crippen molar-refractivity contribution >= 4 is 17.9 Å². The lowest BCUT2D eigenvalue weighted by Gasteiger charge is -2.59. The fourth-order valence-electron chi connectivity index (χ4n) is 7.99. The van der Waals surface area contributed by atoms with Crippen molar-refractivity contribution in [2.75, 3.05) is 7.11 Å². The van der Waals surface area contributed by atoms with Crippen molar-refractivity contribution in [1.29, 1.82) is 0 Å². The number of ether oxygens (including phenoxy) is 4. The van der Waals surface area contributed by atoms with E-state index in [9.17, 15) is 19.5 Å². The first-order chi connectivity index (χ1) is 19.5. The molecule has 8 heteroatoms. The van der Waals surface area contributed by atoms with Crippen LogP contribution < -0.4 is 9.47 Å². The van der Waals surface area contributed by atoms with Crippen LogP contribution in [0.3, 0.4) is 0 Å². The Morgan fingerprint density at radius 1 is 1.12 bits per heavy atom. The number of ketones is 2. The number of benzene rings is 1. The van der Waals surface area contributed by atoms with Crippen LogP contribution in [0.2, 0.25) is 0 Å². The molecule has 2 fully saturated rings. The Morgan fingerprint density at radius 3 is 2.43 bits per heavy atom. The number of allylic oxidation sites excluding steroid dienone is 3. The number of aromatic hydroxyl groups is 1. The highest BCUT2D eigenvalue weighted by atomic mass is 16.6.